The summed E-state index contributed by atoms with van der Waals surface area (Å²) in [6.07, 6.45) is 0. The fraction of sp³-hybridized carbons (Fsp3) is 0.174. The smallest absolute Gasteiger partial charge is 0.255 e. The molecule has 0 aliphatic rings. The molecule has 0 radical (unpaired) electrons. The van der Waals surface area contributed by atoms with Crippen molar-refractivity contribution < 1.29 is 19.0 Å². The lowest BCUT2D eigenvalue weighted by Gasteiger charge is -2.10. The van der Waals surface area contributed by atoms with E-state index in [0.717, 1.165) is 17.0 Å². The summed E-state index contributed by atoms with van der Waals surface area (Å²) in [4.78, 5) is 14.2. The fourth-order valence-electron chi connectivity index (χ4n) is 3.13. The lowest BCUT2D eigenvalue weighted by molar-refractivity contribution is 0.102. The average Bonchev–Trinajstić information content (AvgIpc) is 3.22. The number of fused-ring (bicyclic) bond motifs is 1. The highest BCUT2D eigenvalue weighted by molar-refractivity contribution is 6.05. The highest BCUT2D eigenvalue weighted by Crippen LogP contribution is 2.28. The van der Waals surface area contributed by atoms with Gasteiger partial charge >= 0.3 is 0 Å². The molecule has 4 aromatic rings. The fourth-order valence-corrected chi connectivity index (χ4v) is 3.13. The predicted molar refractivity (Wildman–Crippen MR) is 118 cm³/mol. The largest absolute Gasteiger partial charge is 0.494 e. The second-order valence-electron chi connectivity index (χ2n) is 6.64. The molecule has 1 aromatic heterocycles. The van der Waals surface area contributed by atoms with E-state index in [2.05, 4.69) is 15.5 Å². The summed E-state index contributed by atoms with van der Waals surface area (Å²) in [6.45, 7) is 2.55. The molecule has 0 unspecified atom stereocenters. The topological polar surface area (TPSA) is 87.5 Å². The molecule has 4 rings (SSSR count). The molecule has 1 heterocycles. The van der Waals surface area contributed by atoms with Gasteiger partial charge in [0.1, 0.15) is 16.8 Å². The van der Waals surface area contributed by atoms with E-state index in [1.54, 1.807) is 42.2 Å². The molecule has 0 fully saturated rings. The summed E-state index contributed by atoms with van der Waals surface area (Å²) in [5, 5.41) is 11.9. The van der Waals surface area contributed by atoms with Crippen LogP contribution in [-0.4, -0.2) is 41.7 Å². The van der Waals surface area contributed by atoms with E-state index in [9.17, 15) is 4.79 Å². The Bertz CT molecular complexity index is 1220. The van der Waals surface area contributed by atoms with Gasteiger partial charge in [-0.1, -0.05) is 0 Å². The number of aromatic nitrogens is 3. The third-order valence-electron chi connectivity index (χ3n) is 4.66. The molecule has 0 saturated carbocycles. The molecule has 1 N–H and O–H groups in total. The maximum Gasteiger partial charge on any atom is 0.255 e. The Kier molecular flexibility index (Phi) is 5.70. The minimum Gasteiger partial charge on any atom is -0.494 e. The van der Waals surface area contributed by atoms with Gasteiger partial charge in [0.2, 0.25) is 0 Å². The molecule has 3 aromatic carbocycles. The molecule has 0 atom stereocenters. The Morgan fingerprint density at radius 2 is 1.65 bits per heavy atom. The van der Waals surface area contributed by atoms with Crippen molar-refractivity contribution in [3.63, 3.8) is 0 Å². The van der Waals surface area contributed by atoms with Crippen molar-refractivity contribution in [3.8, 4) is 22.9 Å². The number of benzene rings is 3. The first-order valence-electron chi connectivity index (χ1n) is 9.75. The van der Waals surface area contributed by atoms with Gasteiger partial charge in [0, 0.05) is 11.3 Å². The lowest BCUT2D eigenvalue weighted by atomic mass is 10.1. The Balaban J connectivity index is 1.55. The quantitative estimate of drug-likeness (QED) is 0.486. The van der Waals surface area contributed by atoms with Crippen molar-refractivity contribution in [1.82, 2.24) is 15.0 Å². The van der Waals surface area contributed by atoms with Crippen LogP contribution in [0.4, 0.5) is 5.69 Å². The highest BCUT2D eigenvalue weighted by Gasteiger charge is 2.12. The monoisotopic (exact) mass is 418 g/mol. The number of hydrogen-bond acceptors (Lipinski definition) is 6. The second kappa shape index (κ2) is 8.74. The SMILES string of the molecule is CCOc1ccc(-n2nc3ccc(NC(=O)c4ccc(OC)c(OC)c4)cc3n2)cc1. The van der Waals surface area contributed by atoms with Crippen molar-refractivity contribution in [2.24, 2.45) is 0 Å². The van der Waals surface area contributed by atoms with Crippen molar-refractivity contribution >= 4 is 22.6 Å². The van der Waals surface area contributed by atoms with Gasteiger partial charge in [-0.25, -0.2) is 0 Å². The van der Waals surface area contributed by atoms with Gasteiger partial charge in [-0.3, -0.25) is 4.79 Å². The van der Waals surface area contributed by atoms with E-state index in [0.29, 0.717) is 34.9 Å². The van der Waals surface area contributed by atoms with Crippen LogP contribution in [0.25, 0.3) is 16.7 Å². The molecule has 0 aliphatic carbocycles. The summed E-state index contributed by atoms with van der Waals surface area (Å²) in [5.74, 6) is 1.58. The Labute approximate surface area is 179 Å². The highest BCUT2D eigenvalue weighted by atomic mass is 16.5. The van der Waals surface area contributed by atoms with Crippen LogP contribution >= 0.6 is 0 Å². The Hall–Kier alpha value is -4.07. The van der Waals surface area contributed by atoms with E-state index in [-0.39, 0.29) is 5.91 Å². The molecule has 8 nitrogen and oxygen atoms in total. The molecule has 31 heavy (non-hydrogen) atoms. The minimum absolute atomic E-state index is 0.265. The number of nitrogens with one attached hydrogen (secondary N) is 1. The number of carbonyl (C=O) groups excluding carboxylic acids is 1. The number of rotatable bonds is 7. The van der Waals surface area contributed by atoms with Gasteiger partial charge in [0.25, 0.3) is 5.91 Å². The Morgan fingerprint density at radius 3 is 2.35 bits per heavy atom. The summed E-state index contributed by atoms with van der Waals surface area (Å²) >= 11 is 0. The van der Waals surface area contributed by atoms with Gasteiger partial charge in [-0.05, 0) is 67.6 Å². The van der Waals surface area contributed by atoms with E-state index >= 15 is 0 Å². The maximum absolute atomic E-state index is 12.7. The minimum atomic E-state index is -0.265. The van der Waals surface area contributed by atoms with Crippen LogP contribution < -0.4 is 19.5 Å². The zero-order valence-electron chi connectivity index (χ0n) is 17.5. The molecule has 1 amide bonds. The molecule has 0 bridgehead atoms. The number of nitrogens with zero attached hydrogens (tertiary/aromatic N) is 3. The number of amides is 1. The first-order chi connectivity index (χ1) is 15.1. The summed E-state index contributed by atoms with van der Waals surface area (Å²) in [6, 6.07) is 17.9. The Morgan fingerprint density at radius 1 is 0.903 bits per heavy atom. The zero-order valence-corrected chi connectivity index (χ0v) is 17.5. The van der Waals surface area contributed by atoms with Gasteiger partial charge in [0.05, 0.1) is 26.5 Å². The number of methoxy groups -OCH3 is 2. The van der Waals surface area contributed by atoms with E-state index in [1.165, 1.54) is 7.11 Å². The van der Waals surface area contributed by atoms with Crippen molar-refractivity contribution in [2.75, 3.05) is 26.1 Å². The molecule has 0 saturated heterocycles. The third kappa shape index (κ3) is 4.28. The third-order valence-corrected chi connectivity index (χ3v) is 4.66. The molecule has 0 spiro atoms. The summed E-state index contributed by atoms with van der Waals surface area (Å²) < 4.78 is 15.9. The first-order valence-corrected chi connectivity index (χ1v) is 9.75. The number of carbonyl (C=O) groups is 1. The normalized spacial score (nSPS) is 10.7. The summed E-state index contributed by atoms with van der Waals surface area (Å²) in [7, 11) is 3.08. The van der Waals surface area contributed by atoms with E-state index in [4.69, 9.17) is 14.2 Å². The van der Waals surface area contributed by atoms with Crippen molar-refractivity contribution in [3.05, 3.63) is 66.2 Å². The summed E-state index contributed by atoms with van der Waals surface area (Å²) in [5.41, 5.74) is 3.27. The van der Waals surface area contributed by atoms with Gasteiger partial charge < -0.3 is 19.5 Å². The predicted octanol–water partition coefficient (Wildman–Crippen LogP) is 4.09. The van der Waals surface area contributed by atoms with Crippen LogP contribution in [-0.2, 0) is 0 Å². The molecule has 8 heteroatoms. The van der Waals surface area contributed by atoms with Gasteiger partial charge in [-0.2, -0.15) is 4.80 Å². The van der Waals surface area contributed by atoms with Gasteiger partial charge in [-0.15, -0.1) is 10.2 Å². The lowest BCUT2D eigenvalue weighted by Crippen LogP contribution is -2.12. The zero-order chi connectivity index (χ0) is 21.8. The maximum atomic E-state index is 12.7. The molecular formula is C23H22N4O4. The van der Waals surface area contributed by atoms with Crippen molar-refractivity contribution in [2.45, 2.75) is 6.92 Å². The number of hydrogen-bond donors (Lipinski definition) is 1. The number of anilines is 1. The van der Waals surface area contributed by atoms with Crippen LogP contribution in [0, 0.1) is 0 Å². The van der Waals surface area contributed by atoms with Crippen LogP contribution in [0.2, 0.25) is 0 Å². The molecular weight excluding hydrogens is 396 g/mol. The first kappa shape index (κ1) is 20.2. The van der Waals surface area contributed by atoms with Crippen LogP contribution in [0.3, 0.4) is 0 Å². The standard InChI is InChI=1S/C23H22N4O4/c1-4-31-18-9-7-17(8-10-18)27-25-19-11-6-16(14-20(19)26-27)24-23(28)15-5-12-21(29-2)22(13-15)30-3/h5-14H,4H2,1-3H3,(H,24,28). The van der Waals surface area contributed by atoms with Crippen LogP contribution in [0.15, 0.2) is 60.7 Å². The second-order valence-corrected chi connectivity index (χ2v) is 6.64. The van der Waals surface area contributed by atoms with E-state index < -0.39 is 0 Å². The average molecular weight is 418 g/mol. The van der Waals surface area contributed by atoms with Gasteiger partial charge in [0.15, 0.2) is 11.5 Å². The van der Waals surface area contributed by atoms with E-state index in [1.807, 2.05) is 37.3 Å². The van der Waals surface area contributed by atoms with Crippen LogP contribution in [0.1, 0.15) is 17.3 Å². The molecule has 158 valence electrons. The van der Waals surface area contributed by atoms with Crippen molar-refractivity contribution in [1.29, 1.82) is 0 Å². The molecule has 0 aliphatic heterocycles. The van der Waals surface area contributed by atoms with Crippen LogP contribution in [0.5, 0.6) is 17.2 Å². The number of ether oxygens (including phenoxy) is 3.